The average molecular weight is 271 g/mol. The predicted octanol–water partition coefficient (Wildman–Crippen LogP) is 3.37. The maximum Gasteiger partial charge on any atom is 0.330 e. The van der Waals surface area contributed by atoms with Gasteiger partial charge in [0.2, 0.25) is 0 Å². The van der Waals surface area contributed by atoms with E-state index in [2.05, 4.69) is 11.3 Å². The van der Waals surface area contributed by atoms with Gasteiger partial charge in [-0.05, 0) is 19.3 Å². The van der Waals surface area contributed by atoms with Gasteiger partial charge in [-0.3, -0.25) is 0 Å². The molecule has 6 heteroatoms. The maximum atomic E-state index is 12.5. The van der Waals surface area contributed by atoms with Gasteiger partial charge in [-0.1, -0.05) is 18.9 Å². The summed E-state index contributed by atoms with van der Waals surface area (Å²) in [6, 6.07) is -0.387. The van der Waals surface area contributed by atoms with Crippen molar-refractivity contribution in [2.75, 3.05) is 13.2 Å². The number of alkyl halides is 4. The molecule has 0 radical (unpaired) electrons. The lowest BCUT2D eigenvalue weighted by Crippen LogP contribution is -2.35. The summed E-state index contributed by atoms with van der Waals surface area (Å²) in [7, 11) is 0. The third kappa shape index (κ3) is 8.47. The molecule has 0 heterocycles. The minimum atomic E-state index is -4.09. The van der Waals surface area contributed by atoms with E-state index in [0.29, 0.717) is 6.42 Å². The smallest absolute Gasteiger partial charge is 0.330 e. The van der Waals surface area contributed by atoms with Gasteiger partial charge in [-0.25, -0.2) is 8.78 Å². The summed E-state index contributed by atoms with van der Waals surface area (Å²) in [6.45, 7) is 2.19. The first kappa shape index (κ1) is 17.4. The molecule has 0 saturated carbocycles. The minimum absolute atomic E-state index is 0.121. The second-order valence-corrected chi connectivity index (χ2v) is 4.26. The molecule has 0 aromatic heterocycles. The van der Waals surface area contributed by atoms with Crippen molar-refractivity contribution in [1.82, 2.24) is 0 Å². The maximum absolute atomic E-state index is 12.5. The molecule has 0 aromatic carbocycles. The molecule has 0 aliphatic rings. The van der Waals surface area contributed by atoms with Crippen LogP contribution in [0, 0.1) is 0 Å². The Balaban J connectivity index is 3.53. The van der Waals surface area contributed by atoms with Crippen molar-refractivity contribution >= 4 is 0 Å². The van der Waals surface area contributed by atoms with Gasteiger partial charge in [0.1, 0.15) is 6.61 Å². The van der Waals surface area contributed by atoms with Crippen molar-refractivity contribution in [3.63, 3.8) is 0 Å². The van der Waals surface area contributed by atoms with Crippen molar-refractivity contribution in [2.45, 2.75) is 50.5 Å². The number of allylic oxidation sites excluding steroid dienone is 1. The number of rotatable bonds is 11. The van der Waals surface area contributed by atoms with Crippen LogP contribution in [0.1, 0.15) is 32.1 Å². The van der Waals surface area contributed by atoms with Gasteiger partial charge in [0.15, 0.2) is 0 Å². The summed E-state index contributed by atoms with van der Waals surface area (Å²) in [4.78, 5) is 0. The van der Waals surface area contributed by atoms with Crippen molar-refractivity contribution < 1.29 is 22.3 Å². The summed E-state index contributed by atoms with van der Waals surface area (Å²) in [5, 5.41) is 0. The van der Waals surface area contributed by atoms with Crippen LogP contribution >= 0.6 is 0 Å². The van der Waals surface area contributed by atoms with E-state index in [0.717, 1.165) is 25.7 Å². The van der Waals surface area contributed by atoms with E-state index in [1.165, 1.54) is 0 Å². The molecule has 18 heavy (non-hydrogen) atoms. The number of hydrogen-bond acceptors (Lipinski definition) is 2. The number of hydrogen-bond donors (Lipinski definition) is 1. The molecule has 108 valence electrons. The lowest BCUT2D eigenvalue weighted by molar-refractivity contribution is -0.166. The molecule has 0 fully saturated rings. The van der Waals surface area contributed by atoms with Gasteiger partial charge >= 0.3 is 12.3 Å². The summed E-state index contributed by atoms with van der Waals surface area (Å²) in [5.41, 5.74) is 5.62. The van der Waals surface area contributed by atoms with Gasteiger partial charge in [-0.15, -0.1) is 6.58 Å². The number of ether oxygens (including phenoxy) is 1. The van der Waals surface area contributed by atoms with Crippen LogP contribution in [0.15, 0.2) is 12.7 Å². The Kier molecular flexibility index (Phi) is 9.01. The molecule has 0 bridgehead atoms. The Bertz CT molecular complexity index is 224. The molecule has 0 aliphatic carbocycles. The molecule has 2 nitrogen and oxygen atoms in total. The van der Waals surface area contributed by atoms with Gasteiger partial charge in [0.05, 0.1) is 6.61 Å². The first-order valence-electron chi connectivity index (χ1n) is 6.00. The van der Waals surface area contributed by atoms with Gasteiger partial charge in [0.25, 0.3) is 0 Å². The molecule has 1 atom stereocenters. The Morgan fingerprint density at radius 3 is 2.44 bits per heavy atom. The van der Waals surface area contributed by atoms with Gasteiger partial charge < -0.3 is 10.5 Å². The third-order valence-corrected chi connectivity index (χ3v) is 2.43. The molecule has 0 aromatic rings. The summed E-state index contributed by atoms with van der Waals surface area (Å²) in [6.07, 6.45) is 2.56. The first-order valence-corrected chi connectivity index (χ1v) is 6.00. The molecular weight excluding hydrogens is 250 g/mol. The molecule has 0 amide bonds. The van der Waals surface area contributed by atoms with Crippen molar-refractivity contribution in [1.29, 1.82) is 0 Å². The summed E-state index contributed by atoms with van der Waals surface area (Å²) in [5.74, 6) is -4.09. The van der Waals surface area contributed by atoms with Crippen LogP contribution in [0.3, 0.4) is 0 Å². The van der Waals surface area contributed by atoms with Crippen LogP contribution in [0.4, 0.5) is 17.6 Å². The lowest BCUT2D eigenvalue weighted by Gasteiger charge is -2.17. The SMILES string of the molecule is C=CCCCCCC(N)COCC(F)(F)C(F)F. The van der Waals surface area contributed by atoms with E-state index in [1.807, 2.05) is 6.08 Å². The normalized spacial score (nSPS) is 13.9. The Labute approximate surface area is 105 Å². The van der Waals surface area contributed by atoms with E-state index in [1.54, 1.807) is 0 Å². The van der Waals surface area contributed by atoms with E-state index in [4.69, 9.17) is 5.73 Å². The summed E-state index contributed by atoms with van der Waals surface area (Å²) >= 11 is 0. The second-order valence-electron chi connectivity index (χ2n) is 4.26. The third-order valence-electron chi connectivity index (χ3n) is 2.43. The fourth-order valence-electron chi connectivity index (χ4n) is 1.36. The number of halogens is 4. The zero-order valence-corrected chi connectivity index (χ0v) is 10.4. The van der Waals surface area contributed by atoms with Crippen LogP contribution in [-0.2, 0) is 4.74 Å². The topological polar surface area (TPSA) is 35.2 Å². The average Bonchev–Trinajstić information content (AvgIpc) is 2.28. The van der Waals surface area contributed by atoms with Crippen molar-refractivity contribution in [3.8, 4) is 0 Å². The highest BCUT2D eigenvalue weighted by Gasteiger charge is 2.40. The van der Waals surface area contributed by atoms with E-state index >= 15 is 0 Å². The second kappa shape index (κ2) is 9.33. The summed E-state index contributed by atoms with van der Waals surface area (Å²) < 4.78 is 53.0. The largest absolute Gasteiger partial charge is 0.373 e. The standard InChI is InChI=1S/C12H21F4NO/c1-2-3-4-5-6-7-10(17)8-18-9-12(15,16)11(13)14/h2,10-11H,1,3-9,17H2. The van der Waals surface area contributed by atoms with Crippen LogP contribution in [0.5, 0.6) is 0 Å². The quantitative estimate of drug-likeness (QED) is 0.355. The Morgan fingerprint density at radius 2 is 1.89 bits per heavy atom. The minimum Gasteiger partial charge on any atom is -0.373 e. The van der Waals surface area contributed by atoms with Crippen molar-refractivity contribution in [3.05, 3.63) is 12.7 Å². The molecule has 0 rings (SSSR count). The number of unbranched alkanes of at least 4 members (excludes halogenated alkanes) is 3. The Morgan fingerprint density at radius 1 is 1.22 bits per heavy atom. The van der Waals surface area contributed by atoms with Crippen LogP contribution < -0.4 is 5.73 Å². The zero-order valence-electron chi connectivity index (χ0n) is 10.4. The Hall–Kier alpha value is -0.620. The molecule has 0 aliphatic heterocycles. The highest BCUT2D eigenvalue weighted by molar-refractivity contribution is 4.69. The van der Waals surface area contributed by atoms with E-state index in [9.17, 15) is 17.6 Å². The highest BCUT2D eigenvalue weighted by atomic mass is 19.3. The van der Waals surface area contributed by atoms with Crippen LogP contribution in [0.2, 0.25) is 0 Å². The molecular formula is C12H21F4NO. The predicted molar refractivity (Wildman–Crippen MR) is 63.0 cm³/mol. The molecule has 1 unspecified atom stereocenters. The molecule has 2 N–H and O–H groups in total. The van der Waals surface area contributed by atoms with Gasteiger partial charge in [0, 0.05) is 6.04 Å². The first-order chi connectivity index (χ1) is 8.40. The van der Waals surface area contributed by atoms with Gasteiger partial charge in [-0.2, -0.15) is 8.78 Å². The fraction of sp³-hybridized carbons (Fsp3) is 0.833. The number of nitrogens with two attached hydrogens (primary N) is 1. The van der Waals surface area contributed by atoms with Crippen LogP contribution in [-0.4, -0.2) is 31.6 Å². The van der Waals surface area contributed by atoms with E-state index < -0.39 is 19.0 Å². The molecule has 0 saturated heterocycles. The zero-order chi connectivity index (χ0) is 14.0. The fourth-order valence-corrected chi connectivity index (χ4v) is 1.36. The van der Waals surface area contributed by atoms with E-state index in [-0.39, 0.29) is 12.6 Å². The van der Waals surface area contributed by atoms with Crippen molar-refractivity contribution in [2.24, 2.45) is 5.73 Å². The molecule has 0 spiro atoms. The van der Waals surface area contributed by atoms with Crippen LogP contribution in [0.25, 0.3) is 0 Å². The highest BCUT2D eigenvalue weighted by Crippen LogP contribution is 2.22. The lowest BCUT2D eigenvalue weighted by atomic mass is 10.1. The monoisotopic (exact) mass is 271 g/mol.